The molecule has 32 heavy (non-hydrogen) atoms. The number of hydrogen-bond acceptors (Lipinski definition) is 6. The fraction of sp³-hybridized carbons (Fsp3) is 0.320. The number of aryl methyl sites for hydroxylation is 3. The second-order valence-electron chi connectivity index (χ2n) is 8.11. The SMILES string of the molecule is Cc1cc(C)nc(Nc2cc(C3CCCCN3C(=O)/C=C/c3ccccc3)nc(C)n2)n1. The number of nitrogens with zero attached hydrogens (tertiary/aromatic N) is 5. The molecule has 1 N–H and O–H groups in total. The molecule has 0 radical (unpaired) electrons. The lowest BCUT2D eigenvalue weighted by Gasteiger charge is -2.35. The molecule has 1 unspecified atom stereocenters. The Kier molecular flexibility index (Phi) is 6.54. The Morgan fingerprint density at radius 3 is 2.50 bits per heavy atom. The first-order valence-corrected chi connectivity index (χ1v) is 11.0. The molecule has 3 heterocycles. The number of rotatable bonds is 5. The molecular weight excluding hydrogens is 400 g/mol. The van der Waals surface area contributed by atoms with Gasteiger partial charge in [-0.2, -0.15) is 0 Å². The van der Waals surface area contributed by atoms with Crippen LogP contribution in [0, 0.1) is 20.8 Å². The van der Waals surface area contributed by atoms with Gasteiger partial charge in [0, 0.05) is 30.1 Å². The van der Waals surface area contributed by atoms with Crippen LogP contribution in [0.2, 0.25) is 0 Å². The maximum atomic E-state index is 13.1. The Morgan fingerprint density at radius 2 is 1.75 bits per heavy atom. The third kappa shape index (κ3) is 5.35. The van der Waals surface area contributed by atoms with Crippen molar-refractivity contribution in [2.75, 3.05) is 11.9 Å². The highest BCUT2D eigenvalue weighted by molar-refractivity contribution is 5.92. The van der Waals surface area contributed by atoms with Gasteiger partial charge in [0.05, 0.1) is 11.7 Å². The molecule has 0 aliphatic carbocycles. The number of amides is 1. The zero-order valence-electron chi connectivity index (χ0n) is 18.7. The fourth-order valence-electron chi connectivity index (χ4n) is 4.05. The van der Waals surface area contributed by atoms with Gasteiger partial charge in [-0.15, -0.1) is 0 Å². The molecule has 2 aromatic heterocycles. The number of likely N-dealkylation sites (tertiary alicyclic amines) is 1. The molecule has 0 spiro atoms. The smallest absolute Gasteiger partial charge is 0.247 e. The van der Waals surface area contributed by atoms with Crippen molar-refractivity contribution in [1.82, 2.24) is 24.8 Å². The molecule has 1 amide bonds. The number of piperidine rings is 1. The summed E-state index contributed by atoms with van der Waals surface area (Å²) in [6.07, 6.45) is 6.45. The van der Waals surface area contributed by atoms with Gasteiger partial charge in [-0.05, 0) is 57.7 Å². The highest BCUT2D eigenvalue weighted by Gasteiger charge is 2.28. The van der Waals surface area contributed by atoms with Crippen LogP contribution in [0.3, 0.4) is 0 Å². The first-order valence-electron chi connectivity index (χ1n) is 11.0. The van der Waals surface area contributed by atoms with Crippen LogP contribution in [-0.4, -0.2) is 37.3 Å². The predicted octanol–water partition coefficient (Wildman–Crippen LogP) is 4.70. The lowest BCUT2D eigenvalue weighted by molar-refractivity contribution is -0.129. The van der Waals surface area contributed by atoms with E-state index in [1.165, 1.54) is 0 Å². The average molecular weight is 429 g/mol. The summed E-state index contributed by atoms with van der Waals surface area (Å²) in [7, 11) is 0. The monoisotopic (exact) mass is 428 g/mol. The molecule has 1 aromatic carbocycles. The third-order valence-corrected chi connectivity index (χ3v) is 5.43. The largest absolute Gasteiger partial charge is 0.331 e. The van der Waals surface area contributed by atoms with E-state index >= 15 is 0 Å². The number of hydrogen-bond donors (Lipinski definition) is 1. The maximum Gasteiger partial charge on any atom is 0.247 e. The molecule has 0 bridgehead atoms. The van der Waals surface area contributed by atoms with Gasteiger partial charge < -0.3 is 10.2 Å². The number of nitrogens with one attached hydrogen (secondary N) is 1. The van der Waals surface area contributed by atoms with Gasteiger partial charge in [0.15, 0.2) is 0 Å². The highest BCUT2D eigenvalue weighted by atomic mass is 16.2. The van der Waals surface area contributed by atoms with E-state index in [0.717, 1.165) is 41.9 Å². The molecule has 164 valence electrons. The zero-order chi connectivity index (χ0) is 22.5. The van der Waals surface area contributed by atoms with Gasteiger partial charge in [-0.3, -0.25) is 4.79 Å². The minimum Gasteiger partial charge on any atom is -0.331 e. The highest BCUT2D eigenvalue weighted by Crippen LogP contribution is 2.31. The van der Waals surface area contributed by atoms with E-state index in [9.17, 15) is 4.79 Å². The molecule has 7 nitrogen and oxygen atoms in total. The number of anilines is 2. The van der Waals surface area contributed by atoms with Crippen molar-refractivity contribution in [3.05, 3.63) is 77.0 Å². The Morgan fingerprint density at radius 1 is 1.00 bits per heavy atom. The first-order chi connectivity index (χ1) is 15.5. The van der Waals surface area contributed by atoms with Crippen LogP contribution in [0.1, 0.15) is 53.8 Å². The van der Waals surface area contributed by atoms with Crippen molar-refractivity contribution in [2.24, 2.45) is 0 Å². The van der Waals surface area contributed by atoms with Crippen molar-refractivity contribution >= 4 is 23.7 Å². The molecule has 4 rings (SSSR count). The normalized spacial score (nSPS) is 16.3. The molecule has 1 atom stereocenters. The van der Waals surface area contributed by atoms with Gasteiger partial charge in [0.1, 0.15) is 11.6 Å². The summed E-state index contributed by atoms with van der Waals surface area (Å²) in [5, 5.41) is 3.21. The summed E-state index contributed by atoms with van der Waals surface area (Å²) in [5.41, 5.74) is 3.62. The lowest BCUT2D eigenvalue weighted by atomic mass is 9.98. The minimum atomic E-state index is -0.0842. The van der Waals surface area contributed by atoms with Crippen LogP contribution in [0.25, 0.3) is 6.08 Å². The number of carbonyl (C=O) groups is 1. The summed E-state index contributed by atoms with van der Waals surface area (Å²) in [6, 6.07) is 13.6. The van der Waals surface area contributed by atoms with Crippen LogP contribution < -0.4 is 5.32 Å². The Balaban J connectivity index is 1.57. The fourth-order valence-corrected chi connectivity index (χ4v) is 4.05. The first kappa shape index (κ1) is 21.6. The van der Waals surface area contributed by atoms with Gasteiger partial charge >= 0.3 is 0 Å². The van der Waals surface area contributed by atoms with Crippen molar-refractivity contribution in [3.8, 4) is 0 Å². The number of aromatic nitrogens is 4. The maximum absolute atomic E-state index is 13.1. The van der Waals surface area contributed by atoms with E-state index in [4.69, 9.17) is 0 Å². The van der Waals surface area contributed by atoms with Crippen LogP contribution in [0.4, 0.5) is 11.8 Å². The van der Waals surface area contributed by atoms with E-state index in [1.807, 2.05) is 74.2 Å². The van der Waals surface area contributed by atoms with Gasteiger partial charge in [-0.25, -0.2) is 19.9 Å². The van der Waals surface area contributed by atoms with E-state index < -0.39 is 0 Å². The van der Waals surface area contributed by atoms with Crippen molar-refractivity contribution < 1.29 is 4.79 Å². The molecule has 0 saturated carbocycles. The molecule has 1 aliphatic rings. The second kappa shape index (κ2) is 9.68. The molecular formula is C25H28N6O. The van der Waals surface area contributed by atoms with E-state index in [0.29, 0.717) is 24.1 Å². The molecule has 7 heteroatoms. The van der Waals surface area contributed by atoms with Crippen molar-refractivity contribution in [1.29, 1.82) is 0 Å². The molecule has 1 aliphatic heterocycles. The summed E-state index contributed by atoms with van der Waals surface area (Å²) in [5.74, 6) is 1.79. The molecule has 1 fully saturated rings. The van der Waals surface area contributed by atoms with Crippen molar-refractivity contribution in [3.63, 3.8) is 0 Å². The van der Waals surface area contributed by atoms with Gasteiger partial charge in [-0.1, -0.05) is 30.3 Å². The van der Waals surface area contributed by atoms with Crippen LogP contribution in [0.15, 0.2) is 48.5 Å². The third-order valence-electron chi connectivity index (χ3n) is 5.43. The summed E-state index contributed by atoms with van der Waals surface area (Å²) >= 11 is 0. The van der Waals surface area contributed by atoms with Gasteiger partial charge in [0.2, 0.25) is 11.9 Å². The predicted molar refractivity (Wildman–Crippen MR) is 125 cm³/mol. The van der Waals surface area contributed by atoms with Crippen LogP contribution in [-0.2, 0) is 4.79 Å². The average Bonchev–Trinajstić information content (AvgIpc) is 2.77. The van der Waals surface area contributed by atoms with Crippen LogP contribution in [0.5, 0.6) is 0 Å². The standard InChI is InChI=1S/C25H28N6O/c1-17-15-18(2)27-25(26-17)30-23-16-21(28-19(3)29-23)22-11-7-8-14-31(22)24(32)13-12-20-9-5-4-6-10-20/h4-6,9-10,12-13,15-16,22H,7-8,11,14H2,1-3H3,(H,26,27,28,29,30)/b13-12+. The quantitative estimate of drug-likeness (QED) is 0.593. The molecule has 1 saturated heterocycles. The van der Waals surface area contributed by atoms with E-state index in [2.05, 4.69) is 25.3 Å². The number of carbonyl (C=O) groups excluding carboxylic acids is 1. The topological polar surface area (TPSA) is 83.9 Å². The Labute approximate surface area is 188 Å². The minimum absolute atomic E-state index is 0.00182. The molecule has 3 aromatic rings. The van der Waals surface area contributed by atoms with Crippen LogP contribution >= 0.6 is 0 Å². The second-order valence-corrected chi connectivity index (χ2v) is 8.11. The van der Waals surface area contributed by atoms with E-state index in [-0.39, 0.29) is 11.9 Å². The summed E-state index contributed by atoms with van der Waals surface area (Å²) in [4.78, 5) is 33.0. The van der Waals surface area contributed by atoms with E-state index in [1.54, 1.807) is 6.08 Å². The number of benzene rings is 1. The van der Waals surface area contributed by atoms with Gasteiger partial charge in [0.25, 0.3) is 0 Å². The van der Waals surface area contributed by atoms with Crippen molar-refractivity contribution in [2.45, 2.75) is 46.1 Å². The lowest BCUT2D eigenvalue weighted by Crippen LogP contribution is -2.38. The Hall–Kier alpha value is -3.61. The zero-order valence-corrected chi connectivity index (χ0v) is 18.7. The Bertz CT molecular complexity index is 1110. The summed E-state index contributed by atoms with van der Waals surface area (Å²) in [6.45, 7) is 6.45. The summed E-state index contributed by atoms with van der Waals surface area (Å²) < 4.78 is 0.